The van der Waals surface area contributed by atoms with Crippen molar-refractivity contribution in [3.05, 3.63) is 27.1 Å². The molecular formula is C9H8F3IO. The highest BCUT2D eigenvalue weighted by atomic mass is 127. The minimum atomic E-state index is -1.01. The van der Waals surface area contributed by atoms with Crippen LogP contribution in [-0.4, -0.2) is 6.61 Å². The largest absolute Gasteiger partial charge is 0.488 e. The minimum Gasteiger partial charge on any atom is -0.488 e. The summed E-state index contributed by atoms with van der Waals surface area (Å²) in [5.74, 6) is -3.40. The van der Waals surface area contributed by atoms with Crippen LogP contribution in [0.1, 0.15) is 13.3 Å². The molecule has 0 aromatic heterocycles. The van der Waals surface area contributed by atoms with Crippen LogP contribution in [0, 0.1) is 21.0 Å². The standard InChI is InChI=1S/C9H8F3IO/c1-2-3-14-9-6(11)4-5(10)8(13)7(9)12/h4H,2-3H2,1H3. The summed E-state index contributed by atoms with van der Waals surface area (Å²) in [5.41, 5.74) is 0. The number of benzene rings is 1. The fourth-order valence-electron chi connectivity index (χ4n) is 0.886. The third-order valence-corrected chi connectivity index (χ3v) is 2.51. The quantitative estimate of drug-likeness (QED) is 0.471. The molecule has 0 atom stereocenters. The third-order valence-electron chi connectivity index (χ3n) is 1.52. The number of rotatable bonds is 3. The average Bonchev–Trinajstić information content (AvgIpc) is 2.14. The van der Waals surface area contributed by atoms with E-state index in [1.807, 2.05) is 6.92 Å². The van der Waals surface area contributed by atoms with E-state index in [4.69, 9.17) is 4.74 Å². The van der Waals surface area contributed by atoms with Gasteiger partial charge in [0.25, 0.3) is 0 Å². The maximum absolute atomic E-state index is 13.2. The molecule has 1 nitrogen and oxygen atoms in total. The van der Waals surface area contributed by atoms with Crippen LogP contribution in [0.4, 0.5) is 13.2 Å². The van der Waals surface area contributed by atoms with Gasteiger partial charge in [0.15, 0.2) is 17.4 Å². The fraction of sp³-hybridized carbons (Fsp3) is 0.333. The maximum Gasteiger partial charge on any atom is 0.192 e. The molecule has 78 valence electrons. The van der Waals surface area contributed by atoms with Crippen LogP contribution < -0.4 is 4.74 Å². The summed E-state index contributed by atoms with van der Waals surface area (Å²) < 4.78 is 43.6. The second kappa shape index (κ2) is 4.86. The molecule has 0 radical (unpaired) electrons. The van der Waals surface area contributed by atoms with Crippen LogP contribution in [0.5, 0.6) is 5.75 Å². The number of halogens is 4. The van der Waals surface area contributed by atoms with Crippen LogP contribution in [0.15, 0.2) is 6.07 Å². The van der Waals surface area contributed by atoms with Gasteiger partial charge in [0.2, 0.25) is 0 Å². The van der Waals surface area contributed by atoms with Gasteiger partial charge < -0.3 is 4.74 Å². The topological polar surface area (TPSA) is 9.23 Å². The van der Waals surface area contributed by atoms with E-state index in [0.717, 1.165) is 0 Å². The van der Waals surface area contributed by atoms with Gasteiger partial charge in [-0.05, 0) is 29.0 Å². The number of hydrogen-bond donors (Lipinski definition) is 0. The molecule has 1 rings (SSSR count). The lowest BCUT2D eigenvalue weighted by Gasteiger charge is -2.08. The first-order valence-corrected chi connectivity index (χ1v) is 5.11. The van der Waals surface area contributed by atoms with Gasteiger partial charge in [-0.2, -0.15) is 0 Å². The summed E-state index contributed by atoms with van der Waals surface area (Å²) in [6, 6.07) is 0.621. The lowest BCUT2D eigenvalue weighted by molar-refractivity contribution is 0.282. The summed E-state index contributed by atoms with van der Waals surface area (Å²) in [6.45, 7) is 2.01. The Balaban J connectivity index is 3.09. The minimum absolute atomic E-state index is 0.204. The van der Waals surface area contributed by atoms with Gasteiger partial charge in [-0.15, -0.1) is 0 Å². The molecule has 0 fully saturated rings. The van der Waals surface area contributed by atoms with Crippen molar-refractivity contribution in [2.75, 3.05) is 6.61 Å². The predicted molar refractivity (Wildman–Crippen MR) is 54.8 cm³/mol. The van der Waals surface area contributed by atoms with E-state index < -0.39 is 23.2 Å². The Bertz CT molecular complexity index is 341. The Labute approximate surface area is 93.4 Å². The summed E-state index contributed by atoms with van der Waals surface area (Å²) in [7, 11) is 0. The number of hydrogen-bond acceptors (Lipinski definition) is 1. The molecule has 5 heteroatoms. The number of ether oxygens (including phenoxy) is 1. The van der Waals surface area contributed by atoms with E-state index >= 15 is 0 Å². The van der Waals surface area contributed by atoms with Gasteiger partial charge in [-0.25, -0.2) is 13.2 Å². The Morgan fingerprint density at radius 2 is 1.93 bits per heavy atom. The van der Waals surface area contributed by atoms with Crippen LogP contribution >= 0.6 is 22.6 Å². The highest BCUT2D eigenvalue weighted by Gasteiger charge is 2.17. The Hall–Kier alpha value is -0.460. The molecule has 0 aliphatic rings. The predicted octanol–water partition coefficient (Wildman–Crippen LogP) is 3.50. The van der Waals surface area contributed by atoms with Gasteiger partial charge >= 0.3 is 0 Å². The Morgan fingerprint density at radius 3 is 2.50 bits per heavy atom. The first kappa shape index (κ1) is 11.6. The molecule has 0 N–H and O–H groups in total. The van der Waals surface area contributed by atoms with E-state index in [1.165, 1.54) is 22.6 Å². The van der Waals surface area contributed by atoms with E-state index in [9.17, 15) is 13.2 Å². The van der Waals surface area contributed by atoms with Gasteiger partial charge in [0.05, 0.1) is 10.2 Å². The molecule has 0 spiro atoms. The second-order valence-electron chi connectivity index (χ2n) is 2.65. The lowest BCUT2D eigenvalue weighted by atomic mass is 10.3. The normalized spacial score (nSPS) is 10.4. The monoisotopic (exact) mass is 316 g/mol. The second-order valence-corrected chi connectivity index (χ2v) is 3.72. The van der Waals surface area contributed by atoms with E-state index in [1.54, 1.807) is 0 Å². The molecule has 0 amide bonds. The third kappa shape index (κ3) is 2.31. The zero-order valence-corrected chi connectivity index (χ0v) is 9.57. The van der Waals surface area contributed by atoms with Crippen LogP contribution in [0.2, 0.25) is 0 Å². The van der Waals surface area contributed by atoms with Gasteiger partial charge in [-0.1, -0.05) is 6.92 Å². The van der Waals surface area contributed by atoms with Crippen molar-refractivity contribution in [2.45, 2.75) is 13.3 Å². The molecule has 0 unspecified atom stereocenters. The Morgan fingerprint density at radius 1 is 1.29 bits per heavy atom. The summed E-state index contributed by atoms with van der Waals surface area (Å²) in [5, 5.41) is 0. The molecule has 0 saturated heterocycles. The van der Waals surface area contributed by atoms with Crippen LogP contribution in [0.25, 0.3) is 0 Å². The Kier molecular flexibility index (Phi) is 4.03. The zero-order chi connectivity index (χ0) is 10.7. The average molecular weight is 316 g/mol. The fourth-order valence-corrected chi connectivity index (χ4v) is 1.29. The highest BCUT2D eigenvalue weighted by Crippen LogP contribution is 2.28. The SMILES string of the molecule is CCCOc1c(F)cc(F)c(I)c1F. The van der Waals surface area contributed by atoms with Crippen molar-refractivity contribution < 1.29 is 17.9 Å². The smallest absolute Gasteiger partial charge is 0.192 e. The van der Waals surface area contributed by atoms with Crippen LogP contribution in [0.3, 0.4) is 0 Å². The summed E-state index contributed by atoms with van der Waals surface area (Å²) in [4.78, 5) is 0. The lowest BCUT2D eigenvalue weighted by Crippen LogP contribution is -2.03. The first-order chi connectivity index (χ1) is 6.57. The van der Waals surface area contributed by atoms with E-state index in [-0.39, 0.29) is 10.2 Å². The summed E-state index contributed by atoms with van der Waals surface area (Å²) in [6.07, 6.45) is 0.632. The van der Waals surface area contributed by atoms with Crippen molar-refractivity contribution in [1.82, 2.24) is 0 Å². The molecule has 0 saturated carbocycles. The molecule has 0 heterocycles. The molecular weight excluding hydrogens is 308 g/mol. The van der Waals surface area contributed by atoms with Gasteiger partial charge in [0, 0.05) is 6.07 Å². The molecule has 1 aromatic rings. The molecule has 0 aliphatic carbocycles. The van der Waals surface area contributed by atoms with Crippen molar-refractivity contribution >= 4 is 22.6 Å². The van der Waals surface area contributed by atoms with Crippen molar-refractivity contribution in [2.24, 2.45) is 0 Å². The molecule has 1 aromatic carbocycles. The van der Waals surface area contributed by atoms with Gasteiger partial charge in [0.1, 0.15) is 5.82 Å². The van der Waals surface area contributed by atoms with Crippen molar-refractivity contribution in [1.29, 1.82) is 0 Å². The first-order valence-electron chi connectivity index (χ1n) is 4.03. The maximum atomic E-state index is 13.2. The van der Waals surface area contributed by atoms with Gasteiger partial charge in [-0.3, -0.25) is 0 Å². The van der Waals surface area contributed by atoms with E-state index in [2.05, 4.69) is 0 Å². The van der Waals surface area contributed by atoms with Crippen molar-refractivity contribution in [3.63, 3.8) is 0 Å². The highest BCUT2D eigenvalue weighted by molar-refractivity contribution is 14.1. The molecule has 0 bridgehead atoms. The van der Waals surface area contributed by atoms with Crippen LogP contribution in [-0.2, 0) is 0 Å². The van der Waals surface area contributed by atoms with E-state index in [0.29, 0.717) is 12.5 Å². The van der Waals surface area contributed by atoms with Crippen molar-refractivity contribution in [3.8, 4) is 5.75 Å². The molecule has 0 aliphatic heterocycles. The summed E-state index contributed by atoms with van der Waals surface area (Å²) >= 11 is 1.47. The molecule has 14 heavy (non-hydrogen) atoms. The zero-order valence-electron chi connectivity index (χ0n) is 7.41.